The third-order valence-electron chi connectivity index (χ3n) is 4.22. The molecule has 0 aliphatic carbocycles. The van der Waals surface area contributed by atoms with Crippen molar-refractivity contribution in [3.8, 4) is 0 Å². The zero-order valence-electron chi connectivity index (χ0n) is 12.6. The summed E-state index contributed by atoms with van der Waals surface area (Å²) < 4.78 is 0. The summed E-state index contributed by atoms with van der Waals surface area (Å²) in [5.41, 5.74) is 1.33. The van der Waals surface area contributed by atoms with Gasteiger partial charge in [-0.15, -0.1) is 0 Å². The molecule has 0 radical (unpaired) electrons. The summed E-state index contributed by atoms with van der Waals surface area (Å²) in [7, 11) is 2.20. The lowest BCUT2D eigenvalue weighted by Gasteiger charge is -2.28. The summed E-state index contributed by atoms with van der Waals surface area (Å²) in [4.78, 5) is 4.98. The smallest absolute Gasteiger partial charge is 0.0406 e. The molecular weight excluding hydrogens is 270 g/mol. The molecular formula is C16H26ClN3. The Morgan fingerprint density at radius 2 is 2.00 bits per heavy atom. The fourth-order valence-corrected chi connectivity index (χ4v) is 2.74. The average molecular weight is 296 g/mol. The number of likely N-dealkylation sites (N-methyl/N-ethyl adjacent to an activating group) is 1. The highest BCUT2D eigenvalue weighted by Crippen LogP contribution is 2.20. The Labute approximate surface area is 127 Å². The quantitative estimate of drug-likeness (QED) is 0.901. The minimum atomic E-state index is 0.428. The fraction of sp³-hybridized carbons (Fsp3) is 0.625. The summed E-state index contributed by atoms with van der Waals surface area (Å²) in [6, 6.07) is 8.62. The Kier molecular flexibility index (Phi) is 6.30. The van der Waals surface area contributed by atoms with Gasteiger partial charge in [-0.2, -0.15) is 0 Å². The Bertz CT molecular complexity index is 385. The van der Waals surface area contributed by atoms with E-state index in [1.165, 1.54) is 25.1 Å². The molecule has 1 saturated heterocycles. The van der Waals surface area contributed by atoms with E-state index >= 15 is 0 Å². The molecule has 20 heavy (non-hydrogen) atoms. The zero-order valence-corrected chi connectivity index (χ0v) is 13.4. The lowest BCUT2D eigenvalue weighted by atomic mass is 10.1. The third-order valence-corrected chi connectivity index (χ3v) is 4.47. The van der Waals surface area contributed by atoms with Crippen LogP contribution in [-0.4, -0.2) is 56.1 Å². The van der Waals surface area contributed by atoms with Crippen LogP contribution in [0.2, 0.25) is 5.02 Å². The molecule has 0 spiro atoms. The highest BCUT2D eigenvalue weighted by Gasteiger charge is 2.14. The van der Waals surface area contributed by atoms with Gasteiger partial charge >= 0.3 is 0 Å². The second-order valence-electron chi connectivity index (χ2n) is 5.65. The lowest BCUT2D eigenvalue weighted by molar-refractivity contribution is 0.203. The van der Waals surface area contributed by atoms with E-state index in [1.807, 2.05) is 12.1 Å². The zero-order chi connectivity index (χ0) is 14.4. The average Bonchev–Trinajstić information content (AvgIpc) is 2.73. The molecule has 0 bridgehead atoms. The van der Waals surface area contributed by atoms with Crippen LogP contribution in [0.4, 0.5) is 0 Å². The third kappa shape index (κ3) is 4.74. The van der Waals surface area contributed by atoms with Gasteiger partial charge in [-0.25, -0.2) is 0 Å². The number of nitrogens with one attached hydrogen (secondary N) is 1. The highest BCUT2D eigenvalue weighted by atomic mass is 35.5. The monoisotopic (exact) mass is 295 g/mol. The molecule has 0 saturated carbocycles. The van der Waals surface area contributed by atoms with Crippen LogP contribution in [-0.2, 0) is 0 Å². The molecule has 1 heterocycles. The molecule has 0 aromatic heterocycles. The fourth-order valence-electron chi connectivity index (χ4n) is 2.61. The van der Waals surface area contributed by atoms with Crippen molar-refractivity contribution in [3.05, 3.63) is 34.9 Å². The predicted octanol–water partition coefficient (Wildman–Crippen LogP) is 2.63. The first kappa shape index (κ1) is 15.8. The minimum Gasteiger partial charge on any atom is -0.315 e. The highest BCUT2D eigenvalue weighted by molar-refractivity contribution is 6.30. The molecule has 1 unspecified atom stereocenters. The molecule has 2 rings (SSSR count). The van der Waals surface area contributed by atoms with E-state index in [-0.39, 0.29) is 0 Å². The first-order valence-electron chi connectivity index (χ1n) is 7.55. The van der Waals surface area contributed by atoms with Gasteiger partial charge in [0.25, 0.3) is 0 Å². The van der Waals surface area contributed by atoms with E-state index in [4.69, 9.17) is 11.6 Å². The van der Waals surface area contributed by atoms with Gasteiger partial charge in [0.2, 0.25) is 0 Å². The summed E-state index contributed by atoms with van der Waals surface area (Å²) in [6.45, 7) is 9.18. The maximum Gasteiger partial charge on any atom is 0.0406 e. The van der Waals surface area contributed by atoms with Crippen molar-refractivity contribution >= 4 is 11.6 Å². The standard InChI is InChI=1S/C16H26ClN3/c1-14(15-4-6-16(17)7-5-15)19(2)12-13-20-10-3-8-18-9-11-20/h4-7,14,18H,3,8-13H2,1-2H3. The van der Waals surface area contributed by atoms with Crippen LogP contribution >= 0.6 is 11.6 Å². The molecule has 1 atom stereocenters. The molecule has 1 fully saturated rings. The second-order valence-corrected chi connectivity index (χ2v) is 6.09. The van der Waals surface area contributed by atoms with E-state index < -0.39 is 0 Å². The normalized spacial score (nSPS) is 19.0. The minimum absolute atomic E-state index is 0.428. The van der Waals surface area contributed by atoms with E-state index in [0.29, 0.717) is 6.04 Å². The van der Waals surface area contributed by atoms with Crippen LogP contribution in [0.3, 0.4) is 0 Å². The van der Waals surface area contributed by atoms with Gasteiger partial charge in [0, 0.05) is 37.2 Å². The summed E-state index contributed by atoms with van der Waals surface area (Å²) >= 11 is 5.95. The van der Waals surface area contributed by atoms with Crippen molar-refractivity contribution in [2.24, 2.45) is 0 Å². The maximum atomic E-state index is 5.95. The van der Waals surface area contributed by atoms with Crippen LogP contribution in [0.5, 0.6) is 0 Å². The molecule has 3 nitrogen and oxygen atoms in total. The van der Waals surface area contributed by atoms with Crippen LogP contribution in [0.15, 0.2) is 24.3 Å². The van der Waals surface area contributed by atoms with Crippen molar-refractivity contribution < 1.29 is 0 Å². The molecule has 0 amide bonds. The van der Waals surface area contributed by atoms with Crippen molar-refractivity contribution in [2.45, 2.75) is 19.4 Å². The van der Waals surface area contributed by atoms with E-state index in [1.54, 1.807) is 0 Å². The molecule has 112 valence electrons. The SMILES string of the molecule is CC(c1ccc(Cl)cc1)N(C)CCN1CCCNCC1. The number of rotatable bonds is 5. The van der Waals surface area contributed by atoms with Gasteiger partial charge in [-0.1, -0.05) is 23.7 Å². The van der Waals surface area contributed by atoms with Gasteiger partial charge in [0.05, 0.1) is 0 Å². The lowest BCUT2D eigenvalue weighted by Crippen LogP contribution is -2.36. The maximum absolute atomic E-state index is 5.95. The van der Waals surface area contributed by atoms with Gasteiger partial charge in [0.15, 0.2) is 0 Å². The molecule has 1 aromatic carbocycles. The number of halogens is 1. The Morgan fingerprint density at radius 3 is 2.75 bits per heavy atom. The van der Waals surface area contributed by atoms with Crippen LogP contribution < -0.4 is 5.32 Å². The van der Waals surface area contributed by atoms with Gasteiger partial charge < -0.3 is 10.2 Å². The van der Waals surface area contributed by atoms with Crippen LogP contribution in [0.25, 0.3) is 0 Å². The number of hydrogen-bond acceptors (Lipinski definition) is 3. The first-order valence-corrected chi connectivity index (χ1v) is 7.93. The Balaban J connectivity index is 1.81. The van der Waals surface area contributed by atoms with Crippen LogP contribution in [0, 0.1) is 0 Å². The molecule has 1 aromatic rings. The number of hydrogen-bond donors (Lipinski definition) is 1. The van der Waals surface area contributed by atoms with Gasteiger partial charge in [-0.3, -0.25) is 4.90 Å². The first-order chi connectivity index (χ1) is 9.66. The Hall–Kier alpha value is -0.610. The Morgan fingerprint density at radius 1 is 1.25 bits per heavy atom. The van der Waals surface area contributed by atoms with E-state index in [0.717, 1.165) is 31.2 Å². The van der Waals surface area contributed by atoms with E-state index in [2.05, 4.69) is 41.2 Å². The molecule has 1 aliphatic rings. The number of nitrogens with zero attached hydrogens (tertiary/aromatic N) is 2. The largest absolute Gasteiger partial charge is 0.315 e. The molecule has 4 heteroatoms. The molecule has 1 N–H and O–H groups in total. The van der Waals surface area contributed by atoms with Crippen molar-refractivity contribution in [3.63, 3.8) is 0 Å². The summed E-state index contributed by atoms with van der Waals surface area (Å²) in [5, 5.41) is 4.26. The van der Waals surface area contributed by atoms with Crippen molar-refractivity contribution in [2.75, 3.05) is 46.3 Å². The molecule has 1 aliphatic heterocycles. The summed E-state index contributed by atoms with van der Waals surface area (Å²) in [6.07, 6.45) is 1.26. The van der Waals surface area contributed by atoms with Crippen molar-refractivity contribution in [1.82, 2.24) is 15.1 Å². The predicted molar refractivity (Wildman–Crippen MR) is 86.4 cm³/mol. The van der Waals surface area contributed by atoms with Crippen molar-refractivity contribution in [1.29, 1.82) is 0 Å². The van der Waals surface area contributed by atoms with Gasteiger partial charge in [0.1, 0.15) is 0 Å². The summed E-state index contributed by atoms with van der Waals surface area (Å²) in [5.74, 6) is 0. The van der Waals surface area contributed by atoms with Crippen LogP contribution in [0.1, 0.15) is 24.9 Å². The van der Waals surface area contributed by atoms with E-state index in [9.17, 15) is 0 Å². The van der Waals surface area contributed by atoms with Gasteiger partial charge in [-0.05, 0) is 51.2 Å². The number of benzene rings is 1. The topological polar surface area (TPSA) is 18.5 Å². The second kappa shape index (κ2) is 7.99.